The Balaban J connectivity index is 1.01. The maximum Gasteiger partial charge on any atom is 0.224 e. The summed E-state index contributed by atoms with van der Waals surface area (Å²) in [7, 11) is 0. The van der Waals surface area contributed by atoms with Crippen molar-refractivity contribution in [1.82, 2.24) is 15.3 Å². The summed E-state index contributed by atoms with van der Waals surface area (Å²) in [4.78, 5) is 26.6. The number of rotatable bonds is 4. The minimum atomic E-state index is 0.109. The Kier molecular flexibility index (Phi) is 4.78. The molecule has 32 heavy (non-hydrogen) atoms. The summed E-state index contributed by atoms with van der Waals surface area (Å²) >= 11 is 1.94. The number of nitrogens with one attached hydrogen (secondary N) is 1. The predicted molar refractivity (Wildman–Crippen MR) is 127 cm³/mol. The van der Waals surface area contributed by atoms with E-state index in [-0.39, 0.29) is 5.54 Å². The third-order valence-corrected chi connectivity index (χ3v) is 11.1. The summed E-state index contributed by atoms with van der Waals surface area (Å²) in [6.07, 6.45) is 15.6. The quantitative estimate of drug-likeness (QED) is 0.731. The zero-order valence-corrected chi connectivity index (χ0v) is 19.9. The highest BCUT2D eigenvalue weighted by Crippen LogP contribution is 2.57. The van der Waals surface area contributed by atoms with Gasteiger partial charge in [-0.3, -0.25) is 4.79 Å². The molecule has 0 radical (unpaired) electrons. The molecule has 2 aliphatic heterocycles. The van der Waals surface area contributed by atoms with Crippen LogP contribution < -0.4 is 10.2 Å². The number of fused-ring (bicyclic) bond motifs is 1. The molecule has 5 nitrogen and oxygen atoms in total. The fourth-order valence-electron chi connectivity index (χ4n) is 8.46. The lowest BCUT2D eigenvalue weighted by molar-refractivity contribution is -0.139. The molecular formula is C26H36N4OS. The molecule has 172 valence electrons. The molecule has 1 N–H and O–H groups in total. The number of nitrogens with zero attached hydrogens (tertiary/aromatic N) is 3. The number of carbonyl (C=O) groups excluding carboxylic acids is 1. The first-order chi connectivity index (χ1) is 15.7. The minimum absolute atomic E-state index is 0.109. The average molecular weight is 453 g/mol. The molecule has 4 bridgehead atoms. The fraction of sp³-hybridized carbons (Fsp3) is 0.808. The normalized spacial score (nSPS) is 37.2. The van der Waals surface area contributed by atoms with E-state index in [0.29, 0.717) is 29.6 Å². The van der Waals surface area contributed by atoms with Crippen LogP contribution in [0.2, 0.25) is 0 Å². The van der Waals surface area contributed by atoms with Crippen LogP contribution in [0.1, 0.15) is 69.9 Å². The maximum absolute atomic E-state index is 13.5. The van der Waals surface area contributed by atoms with Crippen molar-refractivity contribution in [3.63, 3.8) is 0 Å². The van der Waals surface area contributed by atoms with E-state index in [4.69, 9.17) is 4.98 Å². The smallest absolute Gasteiger partial charge is 0.224 e. The van der Waals surface area contributed by atoms with E-state index >= 15 is 0 Å². The summed E-state index contributed by atoms with van der Waals surface area (Å²) in [6, 6.07) is 0. The van der Waals surface area contributed by atoms with Crippen LogP contribution in [-0.2, 0) is 11.2 Å². The third kappa shape index (κ3) is 3.30. The van der Waals surface area contributed by atoms with Crippen molar-refractivity contribution in [2.24, 2.45) is 35.5 Å². The Morgan fingerprint density at radius 2 is 1.75 bits per heavy atom. The lowest BCUT2D eigenvalue weighted by Gasteiger charge is -2.54. The van der Waals surface area contributed by atoms with Crippen molar-refractivity contribution in [3.05, 3.63) is 12.0 Å². The molecule has 3 heterocycles. The monoisotopic (exact) mass is 452 g/mol. The molecule has 1 aromatic rings. The number of thioether (sulfide) groups is 1. The summed E-state index contributed by atoms with van der Waals surface area (Å²) in [5, 5.41) is 3.68. The molecule has 0 spiro atoms. The Labute approximate surface area is 195 Å². The Morgan fingerprint density at radius 3 is 2.44 bits per heavy atom. The van der Waals surface area contributed by atoms with Gasteiger partial charge in [-0.1, -0.05) is 0 Å². The van der Waals surface area contributed by atoms with Crippen molar-refractivity contribution < 1.29 is 4.79 Å². The number of piperidine rings is 1. The molecular weight excluding hydrogens is 416 g/mol. The van der Waals surface area contributed by atoms with Crippen LogP contribution in [0.3, 0.4) is 0 Å². The van der Waals surface area contributed by atoms with Gasteiger partial charge in [-0.2, -0.15) is 0 Å². The predicted octanol–water partition coefficient (Wildman–Crippen LogP) is 4.45. The molecule has 5 saturated carbocycles. The van der Waals surface area contributed by atoms with Gasteiger partial charge in [-0.05, 0) is 106 Å². The van der Waals surface area contributed by atoms with Gasteiger partial charge in [0.05, 0.1) is 10.6 Å². The van der Waals surface area contributed by atoms with Crippen LogP contribution >= 0.6 is 11.8 Å². The number of aromatic nitrogens is 2. The Hall–Kier alpha value is -1.30. The van der Waals surface area contributed by atoms with E-state index in [9.17, 15) is 4.79 Å². The van der Waals surface area contributed by atoms with Crippen molar-refractivity contribution in [2.45, 2.75) is 81.1 Å². The summed E-state index contributed by atoms with van der Waals surface area (Å²) < 4.78 is 0. The molecule has 0 unspecified atom stereocenters. The van der Waals surface area contributed by atoms with Crippen LogP contribution in [0.4, 0.5) is 5.82 Å². The number of aryl methyl sites for hydroxylation is 1. The van der Waals surface area contributed by atoms with E-state index in [1.165, 1.54) is 86.4 Å². The first-order valence-corrected chi connectivity index (χ1v) is 14.2. The zero-order chi connectivity index (χ0) is 21.3. The van der Waals surface area contributed by atoms with E-state index < -0.39 is 0 Å². The van der Waals surface area contributed by atoms with Crippen LogP contribution in [0.25, 0.3) is 0 Å². The second-order valence-electron chi connectivity index (χ2n) is 11.8. The van der Waals surface area contributed by atoms with Crippen LogP contribution in [0.15, 0.2) is 11.2 Å². The topological polar surface area (TPSA) is 58.1 Å². The van der Waals surface area contributed by atoms with E-state index in [0.717, 1.165) is 31.3 Å². The summed E-state index contributed by atoms with van der Waals surface area (Å²) in [5.41, 5.74) is 1.35. The fourth-order valence-corrected chi connectivity index (χ4v) is 9.59. The lowest BCUT2D eigenvalue weighted by atomic mass is 9.51. The number of anilines is 1. The Bertz CT molecular complexity index is 879. The number of hydrogen-bond acceptors (Lipinski definition) is 5. The molecule has 7 aliphatic rings. The molecule has 6 fully saturated rings. The second-order valence-corrected chi connectivity index (χ2v) is 12.9. The molecule has 6 heteroatoms. The highest BCUT2D eigenvalue weighted by molar-refractivity contribution is 7.99. The number of hydrogen-bond donors (Lipinski definition) is 1. The second kappa shape index (κ2) is 7.61. The third-order valence-electron chi connectivity index (χ3n) is 9.93. The van der Waals surface area contributed by atoms with Crippen molar-refractivity contribution >= 4 is 23.5 Å². The van der Waals surface area contributed by atoms with Crippen LogP contribution in [-0.4, -0.2) is 40.3 Å². The van der Waals surface area contributed by atoms with Gasteiger partial charge in [0, 0.05) is 24.5 Å². The highest BCUT2D eigenvalue weighted by atomic mass is 32.2. The summed E-state index contributed by atoms with van der Waals surface area (Å²) in [5.74, 6) is 6.98. The molecule has 1 saturated heterocycles. The molecule has 5 aliphatic carbocycles. The zero-order valence-electron chi connectivity index (χ0n) is 19.1. The standard InChI is InChI=1S/C26H36N4OS/c31-25(22-18-11-16-10-17(13-18)14-19(22)12-16)29-26(5-6-26)20-3-7-30(8-4-20)24-23-21(27-15-28-24)2-1-9-32-23/h15-20,22H,1-14H2,(H,29,31). The van der Waals surface area contributed by atoms with Crippen molar-refractivity contribution in [2.75, 3.05) is 23.7 Å². The number of carbonyl (C=O) groups is 1. The van der Waals surface area contributed by atoms with Crippen molar-refractivity contribution in [3.8, 4) is 0 Å². The van der Waals surface area contributed by atoms with Crippen LogP contribution in [0, 0.1) is 35.5 Å². The molecule has 1 aromatic heterocycles. The largest absolute Gasteiger partial charge is 0.356 e. The van der Waals surface area contributed by atoms with Gasteiger partial charge in [-0.25, -0.2) is 9.97 Å². The maximum atomic E-state index is 13.5. The molecule has 0 aromatic carbocycles. The highest BCUT2D eigenvalue weighted by Gasteiger charge is 2.55. The molecule has 0 atom stereocenters. The van der Waals surface area contributed by atoms with E-state index in [2.05, 4.69) is 15.2 Å². The average Bonchev–Trinajstić information content (AvgIpc) is 3.58. The minimum Gasteiger partial charge on any atom is -0.356 e. The van der Waals surface area contributed by atoms with Gasteiger partial charge >= 0.3 is 0 Å². The Morgan fingerprint density at radius 1 is 1.03 bits per heavy atom. The van der Waals surface area contributed by atoms with Gasteiger partial charge in [-0.15, -0.1) is 11.8 Å². The van der Waals surface area contributed by atoms with Crippen molar-refractivity contribution in [1.29, 1.82) is 0 Å². The van der Waals surface area contributed by atoms with Gasteiger partial charge in [0.15, 0.2) is 0 Å². The SMILES string of the molecule is O=C(NC1(C2CCN(c3ncnc4c3SCCC4)CC2)CC1)C1C2CC3CC(C2)CC1C3. The lowest BCUT2D eigenvalue weighted by Crippen LogP contribution is -2.55. The van der Waals surface area contributed by atoms with E-state index in [1.807, 2.05) is 11.8 Å². The van der Waals surface area contributed by atoms with Gasteiger partial charge in [0.2, 0.25) is 5.91 Å². The molecule has 8 rings (SSSR count). The first-order valence-electron chi connectivity index (χ1n) is 13.2. The molecule has 1 amide bonds. The van der Waals surface area contributed by atoms with E-state index in [1.54, 1.807) is 6.33 Å². The van der Waals surface area contributed by atoms with Crippen LogP contribution in [0.5, 0.6) is 0 Å². The van der Waals surface area contributed by atoms with Gasteiger partial charge in [0.25, 0.3) is 0 Å². The van der Waals surface area contributed by atoms with Gasteiger partial charge < -0.3 is 10.2 Å². The van der Waals surface area contributed by atoms with Gasteiger partial charge in [0.1, 0.15) is 12.1 Å². The summed E-state index contributed by atoms with van der Waals surface area (Å²) in [6.45, 7) is 2.12. The first kappa shape index (κ1) is 20.1. The number of amides is 1.